The quantitative estimate of drug-likeness (QED) is 0.335. The van der Waals surface area contributed by atoms with Crippen LogP contribution in [0.15, 0.2) is 65.6 Å². The second-order valence-electron chi connectivity index (χ2n) is 7.99. The number of nitrogens with one attached hydrogen (secondary N) is 1. The van der Waals surface area contributed by atoms with Crippen LogP contribution in [0, 0.1) is 5.82 Å². The largest absolute Gasteiger partial charge is 0.389 e. The molecular formula is C25H24ClFN2O5. The molecule has 0 saturated heterocycles. The van der Waals surface area contributed by atoms with Crippen molar-refractivity contribution in [1.82, 2.24) is 9.88 Å². The molecule has 0 bridgehead atoms. The normalized spacial score (nSPS) is 13.7. The summed E-state index contributed by atoms with van der Waals surface area (Å²) in [6.45, 7) is 1.33. The highest BCUT2D eigenvalue weighted by Gasteiger charge is 2.23. The second kappa shape index (κ2) is 10.7. The maximum absolute atomic E-state index is 14.8. The lowest BCUT2D eigenvalue weighted by atomic mass is 9.85. The lowest BCUT2D eigenvalue weighted by Gasteiger charge is -2.19. The summed E-state index contributed by atoms with van der Waals surface area (Å²) in [5.41, 5.74) is 1.09. The number of carbonyl (C=O) groups is 2. The first-order chi connectivity index (χ1) is 16.1. The summed E-state index contributed by atoms with van der Waals surface area (Å²) in [5, 5.41) is 21.5. The number of carbonyl (C=O) groups excluding carboxylic acids is 2. The number of aryl methyl sites for hydroxylation is 1. The molecule has 1 heterocycles. The number of hydrogen-bond acceptors (Lipinski definition) is 5. The van der Waals surface area contributed by atoms with E-state index in [1.807, 2.05) is 0 Å². The molecule has 1 amide bonds. The molecule has 0 saturated carbocycles. The molecule has 0 aliphatic heterocycles. The highest BCUT2D eigenvalue weighted by molar-refractivity contribution is 6.30. The number of aromatic nitrogens is 1. The molecule has 2 aromatic carbocycles. The molecule has 0 radical (unpaired) electrons. The van der Waals surface area contributed by atoms with Gasteiger partial charge in [0.25, 0.3) is 5.91 Å². The van der Waals surface area contributed by atoms with Gasteiger partial charge in [0.1, 0.15) is 5.82 Å². The van der Waals surface area contributed by atoms with Crippen LogP contribution in [0.1, 0.15) is 51.1 Å². The van der Waals surface area contributed by atoms with E-state index >= 15 is 0 Å². The smallest absolute Gasteiger partial charge is 0.253 e. The van der Waals surface area contributed by atoms with E-state index in [4.69, 9.17) is 11.6 Å². The molecule has 3 rings (SSSR count). The molecule has 3 N–H and O–H groups in total. The third kappa shape index (κ3) is 5.96. The van der Waals surface area contributed by atoms with Crippen molar-refractivity contribution in [1.29, 1.82) is 0 Å². The van der Waals surface area contributed by atoms with Gasteiger partial charge < -0.3 is 20.1 Å². The van der Waals surface area contributed by atoms with E-state index in [2.05, 4.69) is 5.32 Å². The molecule has 7 nitrogen and oxygen atoms in total. The van der Waals surface area contributed by atoms with Crippen molar-refractivity contribution in [3.8, 4) is 0 Å². The van der Waals surface area contributed by atoms with Crippen molar-refractivity contribution >= 4 is 23.3 Å². The van der Waals surface area contributed by atoms with E-state index < -0.39 is 30.0 Å². The molecule has 0 spiro atoms. The number of ketones is 1. The van der Waals surface area contributed by atoms with Crippen LogP contribution in [0.3, 0.4) is 0 Å². The minimum Gasteiger partial charge on any atom is -0.389 e. The summed E-state index contributed by atoms with van der Waals surface area (Å²) in [7, 11) is 1.54. The van der Waals surface area contributed by atoms with Crippen molar-refractivity contribution < 1.29 is 24.2 Å². The molecule has 34 heavy (non-hydrogen) atoms. The van der Waals surface area contributed by atoms with Crippen LogP contribution in [0.2, 0.25) is 5.02 Å². The Hall–Kier alpha value is -3.33. The highest BCUT2D eigenvalue weighted by Crippen LogP contribution is 2.32. The first-order valence-corrected chi connectivity index (χ1v) is 10.9. The summed E-state index contributed by atoms with van der Waals surface area (Å²) in [6, 6.07) is 13.1. The predicted molar refractivity (Wildman–Crippen MR) is 125 cm³/mol. The van der Waals surface area contributed by atoms with Crippen molar-refractivity contribution in [2.75, 3.05) is 0 Å². The number of pyridine rings is 1. The van der Waals surface area contributed by atoms with Gasteiger partial charge in [-0.05, 0) is 48.4 Å². The number of aliphatic hydroxyl groups is 2. The Morgan fingerprint density at radius 3 is 2.29 bits per heavy atom. The minimum atomic E-state index is -1.43. The maximum atomic E-state index is 14.8. The standard InChI is InChI=1S/C25H24ClFN2O5/c1-14(30)24(33)28-25(34)16-5-3-15(4-6-16)20(19-9-8-18(26)11-21(19)27)12-22(31)17-7-10-23(32)29(2)13-17/h3-11,13-14,20,24,30,33H,12H2,1-2H3,(H,28,34). The molecular weight excluding hydrogens is 463 g/mol. The SMILES string of the molecule is CC(O)C(O)NC(=O)c1ccc(C(CC(=O)c2ccc(=O)n(C)c2)c2ccc(Cl)cc2F)cc1. The van der Waals surface area contributed by atoms with Crippen LogP contribution in [-0.4, -0.2) is 38.8 Å². The number of Topliss-reactive ketones (excluding diaryl/α,β-unsaturated/α-hetero) is 1. The Balaban J connectivity index is 1.94. The van der Waals surface area contributed by atoms with Gasteiger partial charge in [-0.15, -0.1) is 0 Å². The Bertz CT molecular complexity index is 1260. The fraction of sp³-hybridized carbons (Fsp3) is 0.240. The molecule has 0 aliphatic carbocycles. The molecule has 1 aromatic heterocycles. The van der Waals surface area contributed by atoms with E-state index in [0.29, 0.717) is 11.1 Å². The van der Waals surface area contributed by atoms with Gasteiger partial charge in [0.2, 0.25) is 5.56 Å². The number of hydrogen-bond donors (Lipinski definition) is 3. The monoisotopic (exact) mass is 486 g/mol. The van der Waals surface area contributed by atoms with Crippen LogP contribution in [0.25, 0.3) is 0 Å². The van der Waals surface area contributed by atoms with Crippen LogP contribution in [0.5, 0.6) is 0 Å². The molecule has 178 valence electrons. The zero-order valence-corrected chi connectivity index (χ0v) is 19.3. The predicted octanol–water partition coefficient (Wildman–Crippen LogP) is 3.01. The lowest BCUT2D eigenvalue weighted by Crippen LogP contribution is -2.41. The fourth-order valence-electron chi connectivity index (χ4n) is 3.46. The average molecular weight is 487 g/mol. The summed E-state index contributed by atoms with van der Waals surface area (Å²) in [6.07, 6.45) is -1.24. The number of aliphatic hydroxyl groups excluding tert-OH is 2. The van der Waals surface area contributed by atoms with Crippen molar-refractivity contribution in [2.45, 2.75) is 31.6 Å². The topological polar surface area (TPSA) is 109 Å². The van der Waals surface area contributed by atoms with E-state index in [-0.39, 0.29) is 33.9 Å². The Labute approximate surface area is 200 Å². The van der Waals surface area contributed by atoms with E-state index in [1.165, 1.54) is 67.2 Å². The third-order valence-electron chi connectivity index (χ3n) is 5.45. The van der Waals surface area contributed by atoms with Gasteiger partial charge >= 0.3 is 0 Å². The summed E-state index contributed by atoms with van der Waals surface area (Å²) >= 11 is 5.90. The van der Waals surface area contributed by atoms with Gasteiger partial charge in [-0.25, -0.2) is 4.39 Å². The van der Waals surface area contributed by atoms with Crippen molar-refractivity contribution in [3.63, 3.8) is 0 Å². The average Bonchev–Trinajstić information content (AvgIpc) is 2.79. The Morgan fingerprint density at radius 1 is 1.06 bits per heavy atom. The highest BCUT2D eigenvalue weighted by atomic mass is 35.5. The number of amides is 1. The van der Waals surface area contributed by atoms with Gasteiger partial charge in [0.05, 0.1) is 6.10 Å². The van der Waals surface area contributed by atoms with Crippen LogP contribution in [-0.2, 0) is 7.05 Å². The molecule has 9 heteroatoms. The fourth-order valence-corrected chi connectivity index (χ4v) is 3.62. The molecule has 3 unspecified atom stereocenters. The number of benzene rings is 2. The lowest BCUT2D eigenvalue weighted by molar-refractivity contribution is 0.0102. The van der Waals surface area contributed by atoms with E-state index in [9.17, 15) is 29.0 Å². The minimum absolute atomic E-state index is 0.0942. The summed E-state index contributed by atoms with van der Waals surface area (Å²) in [5.74, 6) is -2.16. The molecule has 3 atom stereocenters. The van der Waals surface area contributed by atoms with Gasteiger partial charge in [0, 0.05) is 47.8 Å². The second-order valence-corrected chi connectivity index (χ2v) is 8.43. The van der Waals surface area contributed by atoms with Gasteiger partial charge in [-0.1, -0.05) is 29.8 Å². The van der Waals surface area contributed by atoms with Crippen LogP contribution < -0.4 is 10.9 Å². The number of rotatable bonds is 8. The molecule has 0 aliphatic rings. The van der Waals surface area contributed by atoms with Crippen LogP contribution >= 0.6 is 11.6 Å². The summed E-state index contributed by atoms with van der Waals surface area (Å²) in [4.78, 5) is 37.0. The van der Waals surface area contributed by atoms with Gasteiger partial charge in [-0.3, -0.25) is 14.4 Å². The first kappa shape index (κ1) is 25.3. The maximum Gasteiger partial charge on any atom is 0.253 e. The van der Waals surface area contributed by atoms with E-state index in [0.717, 1.165) is 0 Å². The zero-order valence-electron chi connectivity index (χ0n) is 18.5. The van der Waals surface area contributed by atoms with Gasteiger partial charge in [-0.2, -0.15) is 0 Å². The van der Waals surface area contributed by atoms with Gasteiger partial charge in [0.15, 0.2) is 12.0 Å². The Morgan fingerprint density at radius 2 is 1.71 bits per heavy atom. The molecule has 3 aromatic rings. The summed E-state index contributed by atoms with van der Waals surface area (Å²) < 4.78 is 16.1. The van der Waals surface area contributed by atoms with E-state index in [1.54, 1.807) is 12.1 Å². The third-order valence-corrected chi connectivity index (χ3v) is 5.68. The number of halogens is 2. The van der Waals surface area contributed by atoms with Crippen molar-refractivity contribution in [3.05, 3.63) is 104 Å². The number of nitrogens with zero attached hydrogens (tertiary/aromatic N) is 1. The van der Waals surface area contributed by atoms with Crippen LogP contribution in [0.4, 0.5) is 4.39 Å². The molecule has 0 fully saturated rings. The first-order valence-electron chi connectivity index (χ1n) is 10.5. The Kier molecular flexibility index (Phi) is 7.98. The zero-order chi connectivity index (χ0) is 25.0. The van der Waals surface area contributed by atoms with Crippen molar-refractivity contribution in [2.24, 2.45) is 7.05 Å².